The van der Waals surface area contributed by atoms with Crippen molar-refractivity contribution in [1.29, 1.82) is 0 Å². The van der Waals surface area contributed by atoms with Gasteiger partial charge in [0.25, 0.3) is 5.91 Å². The van der Waals surface area contributed by atoms with E-state index in [1.54, 1.807) is 18.2 Å². The smallest absolute Gasteiger partial charge is 0.254 e. The second-order valence-electron chi connectivity index (χ2n) is 6.61. The number of hydrogen-bond acceptors (Lipinski definition) is 3. The number of anilines is 1. The quantitative estimate of drug-likeness (QED) is 0.641. The summed E-state index contributed by atoms with van der Waals surface area (Å²) < 4.78 is 46.1. The number of ether oxygens (including phenoxy) is 1. The Hall–Kier alpha value is -2.70. The molecule has 0 fully saturated rings. The van der Waals surface area contributed by atoms with E-state index in [1.807, 2.05) is 13.8 Å². The summed E-state index contributed by atoms with van der Waals surface area (Å²) in [6, 6.07) is 6.15. The van der Waals surface area contributed by atoms with Gasteiger partial charge in [-0.15, -0.1) is 0 Å². The summed E-state index contributed by atoms with van der Waals surface area (Å²) in [6.45, 7) is 3.70. The summed E-state index contributed by atoms with van der Waals surface area (Å²) in [4.78, 5) is 12.4. The van der Waals surface area contributed by atoms with E-state index < -0.39 is 40.6 Å². The first-order chi connectivity index (χ1) is 11.7. The highest BCUT2D eigenvalue weighted by Crippen LogP contribution is 2.40. The summed E-state index contributed by atoms with van der Waals surface area (Å²) in [5.74, 6) is -4.82. The van der Waals surface area contributed by atoms with Crippen LogP contribution in [-0.2, 0) is 0 Å². The fourth-order valence-corrected chi connectivity index (χ4v) is 2.94. The molecule has 3 rings (SSSR count). The third kappa shape index (κ3) is 3.26. The molecule has 132 valence electrons. The van der Waals surface area contributed by atoms with Crippen molar-refractivity contribution in [3.63, 3.8) is 0 Å². The fraction of sp³-hybridized carbons (Fsp3) is 0.278. The van der Waals surface area contributed by atoms with Gasteiger partial charge in [0.1, 0.15) is 11.4 Å². The molecule has 1 heterocycles. The van der Waals surface area contributed by atoms with E-state index in [0.717, 1.165) is 6.07 Å². The van der Waals surface area contributed by atoms with Crippen LogP contribution in [0, 0.1) is 17.5 Å². The molecule has 1 amide bonds. The lowest BCUT2D eigenvalue weighted by molar-refractivity contribution is 0.0618. The molecule has 1 aliphatic rings. The van der Waals surface area contributed by atoms with Gasteiger partial charge in [0.05, 0.1) is 11.6 Å². The molecule has 0 saturated carbocycles. The van der Waals surface area contributed by atoms with Gasteiger partial charge in [0, 0.05) is 17.7 Å². The predicted molar refractivity (Wildman–Crippen MR) is 86.7 cm³/mol. The van der Waals surface area contributed by atoms with Crippen LogP contribution < -0.4 is 15.8 Å². The number of rotatable bonds is 2. The Kier molecular flexibility index (Phi) is 4.10. The van der Waals surface area contributed by atoms with Crippen molar-refractivity contribution in [2.75, 3.05) is 5.73 Å². The summed E-state index contributed by atoms with van der Waals surface area (Å²) in [6.07, 6.45) is 0.403. The van der Waals surface area contributed by atoms with Crippen molar-refractivity contribution >= 4 is 11.6 Å². The van der Waals surface area contributed by atoms with Crippen LogP contribution in [0.25, 0.3) is 0 Å². The maximum absolute atomic E-state index is 13.9. The average molecular weight is 350 g/mol. The van der Waals surface area contributed by atoms with E-state index >= 15 is 0 Å². The zero-order valence-corrected chi connectivity index (χ0v) is 13.7. The summed E-state index contributed by atoms with van der Waals surface area (Å²) >= 11 is 0. The lowest BCUT2D eigenvalue weighted by Crippen LogP contribution is -2.41. The molecule has 0 radical (unpaired) electrons. The van der Waals surface area contributed by atoms with Crippen molar-refractivity contribution in [2.45, 2.75) is 31.9 Å². The van der Waals surface area contributed by atoms with Crippen molar-refractivity contribution in [3.05, 3.63) is 58.9 Å². The number of amides is 1. The normalized spacial score (nSPS) is 18.2. The van der Waals surface area contributed by atoms with Gasteiger partial charge in [-0.1, -0.05) is 0 Å². The fourth-order valence-electron chi connectivity index (χ4n) is 2.94. The summed E-state index contributed by atoms with van der Waals surface area (Å²) in [7, 11) is 0. The van der Waals surface area contributed by atoms with E-state index in [4.69, 9.17) is 10.5 Å². The van der Waals surface area contributed by atoms with Crippen molar-refractivity contribution in [3.8, 4) is 5.75 Å². The van der Waals surface area contributed by atoms with Gasteiger partial charge in [-0.2, -0.15) is 0 Å². The molecule has 4 nitrogen and oxygen atoms in total. The SMILES string of the molecule is CC1(C)CC(NC(=O)c2ccc(F)c(F)c2F)c2cc(N)ccc2O1. The number of nitrogen functional groups attached to an aromatic ring is 1. The predicted octanol–water partition coefficient (Wildman–Crippen LogP) is 3.72. The number of nitrogens with one attached hydrogen (secondary N) is 1. The minimum Gasteiger partial charge on any atom is -0.487 e. The van der Waals surface area contributed by atoms with Crippen LogP contribution in [0.5, 0.6) is 5.75 Å². The Labute approximate surface area is 142 Å². The van der Waals surface area contributed by atoms with Gasteiger partial charge < -0.3 is 15.8 Å². The molecule has 1 unspecified atom stereocenters. The maximum atomic E-state index is 13.9. The number of halogens is 3. The van der Waals surface area contributed by atoms with Gasteiger partial charge >= 0.3 is 0 Å². The second-order valence-corrected chi connectivity index (χ2v) is 6.61. The zero-order valence-electron chi connectivity index (χ0n) is 13.7. The monoisotopic (exact) mass is 350 g/mol. The van der Waals surface area contributed by atoms with Gasteiger partial charge in [-0.05, 0) is 44.2 Å². The first kappa shape index (κ1) is 17.1. The molecular formula is C18H17F3N2O2. The van der Waals surface area contributed by atoms with Crippen LogP contribution in [0.1, 0.15) is 42.2 Å². The molecule has 25 heavy (non-hydrogen) atoms. The first-order valence-electron chi connectivity index (χ1n) is 7.71. The summed E-state index contributed by atoms with van der Waals surface area (Å²) in [5.41, 5.74) is 5.79. The van der Waals surface area contributed by atoms with E-state index in [-0.39, 0.29) is 0 Å². The van der Waals surface area contributed by atoms with E-state index in [2.05, 4.69) is 5.32 Å². The first-order valence-corrected chi connectivity index (χ1v) is 7.71. The molecule has 0 saturated heterocycles. The molecule has 0 aromatic heterocycles. The Balaban J connectivity index is 1.94. The highest BCUT2D eigenvalue weighted by atomic mass is 19.2. The lowest BCUT2D eigenvalue weighted by atomic mass is 9.89. The van der Waals surface area contributed by atoms with Crippen molar-refractivity contribution in [2.24, 2.45) is 0 Å². The van der Waals surface area contributed by atoms with Crippen molar-refractivity contribution in [1.82, 2.24) is 5.32 Å². The van der Waals surface area contributed by atoms with Crippen molar-refractivity contribution < 1.29 is 22.7 Å². The van der Waals surface area contributed by atoms with E-state index in [0.29, 0.717) is 29.5 Å². The molecule has 1 atom stereocenters. The van der Waals surface area contributed by atoms with Gasteiger partial charge in [-0.3, -0.25) is 4.79 Å². The largest absolute Gasteiger partial charge is 0.487 e. The number of benzene rings is 2. The Bertz CT molecular complexity index is 852. The highest BCUT2D eigenvalue weighted by molar-refractivity contribution is 5.94. The second kappa shape index (κ2) is 5.98. The van der Waals surface area contributed by atoms with Crippen LogP contribution in [0.4, 0.5) is 18.9 Å². The minimum absolute atomic E-state index is 0.403. The van der Waals surface area contributed by atoms with Crippen LogP contribution in [0.3, 0.4) is 0 Å². The zero-order chi connectivity index (χ0) is 18.4. The number of carbonyl (C=O) groups excluding carboxylic acids is 1. The third-order valence-electron chi connectivity index (χ3n) is 4.08. The van der Waals surface area contributed by atoms with Crippen LogP contribution >= 0.6 is 0 Å². The highest BCUT2D eigenvalue weighted by Gasteiger charge is 2.35. The minimum atomic E-state index is -1.68. The third-order valence-corrected chi connectivity index (χ3v) is 4.08. The Morgan fingerprint density at radius 1 is 1.20 bits per heavy atom. The molecule has 0 aliphatic carbocycles. The molecule has 7 heteroatoms. The Morgan fingerprint density at radius 3 is 2.64 bits per heavy atom. The number of carbonyl (C=O) groups is 1. The Morgan fingerprint density at radius 2 is 1.92 bits per heavy atom. The lowest BCUT2D eigenvalue weighted by Gasteiger charge is -2.38. The van der Waals surface area contributed by atoms with Gasteiger partial charge in [0.15, 0.2) is 17.5 Å². The van der Waals surface area contributed by atoms with E-state index in [9.17, 15) is 18.0 Å². The average Bonchev–Trinajstić information content (AvgIpc) is 2.52. The molecule has 2 aromatic rings. The molecule has 2 aromatic carbocycles. The van der Waals surface area contributed by atoms with Gasteiger partial charge in [0.2, 0.25) is 0 Å². The van der Waals surface area contributed by atoms with E-state index in [1.165, 1.54) is 0 Å². The van der Waals surface area contributed by atoms with Crippen LogP contribution in [0.2, 0.25) is 0 Å². The van der Waals surface area contributed by atoms with Gasteiger partial charge in [-0.25, -0.2) is 13.2 Å². The molecule has 3 N–H and O–H groups in total. The number of nitrogens with two attached hydrogens (primary N) is 1. The molecular weight excluding hydrogens is 333 g/mol. The summed E-state index contributed by atoms with van der Waals surface area (Å²) in [5, 5.41) is 2.66. The number of hydrogen-bond donors (Lipinski definition) is 2. The topological polar surface area (TPSA) is 64.4 Å². The molecule has 0 spiro atoms. The molecule has 0 bridgehead atoms. The standard InChI is InChI=1S/C18H17F3N2O2/c1-18(2)8-13(11-7-9(22)3-6-14(11)25-18)23-17(24)10-4-5-12(19)16(21)15(10)20/h3-7,13H,8,22H2,1-2H3,(H,23,24). The number of fused-ring (bicyclic) bond motifs is 1. The maximum Gasteiger partial charge on any atom is 0.254 e. The van der Waals surface area contributed by atoms with Crippen LogP contribution in [-0.4, -0.2) is 11.5 Å². The van der Waals surface area contributed by atoms with Crippen LogP contribution in [0.15, 0.2) is 30.3 Å². The molecule has 1 aliphatic heterocycles.